The van der Waals surface area contributed by atoms with E-state index in [-0.39, 0.29) is 5.97 Å². The number of carbonyl (C=O) groups is 1. The van der Waals surface area contributed by atoms with Crippen LogP contribution < -0.4 is 0 Å². The smallest absolute Gasteiger partial charge is 0.305 e. The van der Waals surface area contributed by atoms with E-state index in [1.807, 2.05) is 31.2 Å². The van der Waals surface area contributed by atoms with Crippen molar-refractivity contribution < 1.29 is 9.53 Å². The molecule has 14 heavy (non-hydrogen) atoms. The van der Waals surface area contributed by atoms with E-state index in [1.165, 1.54) is 0 Å². The second-order valence-corrected chi connectivity index (χ2v) is 3.07. The first-order valence-electron chi connectivity index (χ1n) is 5.24. The predicted octanol–water partition coefficient (Wildman–Crippen LogP) is 3.24. The molecular formula is C12H20O2. The van der Waals surface area contributed by atoms with Crippen LogP contribution in [0.4, 0.5) is 0 Å². The van der Waals surface area contributed by atoms with Gasteiger partial charge in [-0.1, -0.05) is 37.6 Å². The Balaban J connectivity index is 3.31. The lowest BCUT2D eigenvalue weighted by Gasteiger charge is -2.01. The standard InChI is InChI=1S/C12H20O2/c1-3-5-7-8-9-11-14-12(13)10-6-4-2/h3,5,7-8H,4,6,9-11H2,1-2H3/b5-3+,8-7-. The average molecular weight is 196 g/mol. The van der Waals surface area contributed by atoms with Crippen LogP contribution in [0, 0.1) is 0 Å². The van der Waals surface area contributed by atoms with Crippen molar-refractivity contribution in [1.82, 2.24) is 0 Å². The van der Waals surface area contributed by atoms with Gasteiger partial charge >= 0.3 is 5.97 Å². The molecule has 0 aliphatic carbocycles. The molecule has 80 valence electrons. The highest BCUT2D eigenvalue weighted by molar-refractivity contribution is 5.69. The molecule has 0 atom stereocenters. The molecule has 0 rings (SSSR count). The summed E-state index contributed by atoms with van der Waals surface area (Å²) < 4.78 is 5.01. The van der Waals surface area contributed by atoms with Crippen molar-refractivity contribution in [3.8, 4) is 0 Å². The molecule has 0 saturated heterocycles. The second-order valence-electron chi connectivity index (χ2n) is 3.07. The zero-order chi connectivity index (χ0) is 10.6. The number of ether oxygens (including phenoxy) is 1. The van der Waals surface area contributed by atoms with Crippen LogP contribution in [0.15, 0.2) is 24.3 Å². The van der Waals surface area contributed by atoms with E-state index < -0.39 is 0 Å². The van der Waals surface area contributed by atoms with E-state index in [0.29, 0.717) is 13.0 Å². The summed E-state index contributed by atoms with van der Waals surface area (Å²) in [5.74, 6) is -0.0775. The fourth-order valence-corrected chi connectivity index (χ4v) is 0.920. The Kier molecular flexibility index (Phi) is 9.28. The van der Waals surface area contributed by atoms with Gasteiger partial charge in [-0.2, -0.15) is 0 Å². The first-order valence-corrected chi connectivity index (χ1v) is 5.24. The second kappa shape index (κ2) is 10.0. The third kappa shape index (κ3) is 9.04. The molecule has 0 aliphatic heterocycles. The van der Waals surface area contributed by atoms with Crippen molar-refractivity contribution in [3.05, 3.63) is 24.3 Å². The number of esters is 1. The molecule has 0 aliphatic rings. The van der Waals surface area contributed by atoms with Crippen molar-refractivity contribution in [1.29, 1.82) is 0 Å². The van der Waals surface area contributed by atoms with Gasteiger partial charge in [0.15, 0.2) is 0 Å². The summed E-state index contributed by atoms with van der Waals surface area (Å²) in [5, 5.41) is 0. The van der Waals surface area contributed by atoms with Gasteiger partial charge < -0.3 is 4.74 Å². The fourth-order valence-electron chi connectivity index (χ4n) is 0.920. The molecule has 2 nitrogen and oxygen atoms in total. The van der Waals surface area contributed by atoms with E-state index in [4.69, 9.17) is 4.74 Å². The zero-order valence-electron chi connectivity index (χ0n) is 9.16. The molecule has 0 aromatic carbocycles. The zero-order valence-corrected chi connectivity index (χ0v) is 9.16. The minimum atomic E-state index is -0.0775. The number of carbonyl (C=O) groups excluding carboxylic acids is 1. The minimum absolute atomic E-state index is 0.0775. The number of allylic oxidation sites excluding steroid dienone is 3. The first kappa shape index (κ1) is 12.9. The van der Waals surface area contributed by atoms with E-state index in [2.05, 4.69) is 6.92 Å². The van der Waals surface area contributed by atoms with E-state index in [0.717, 1.165) is 19.3 Å². The Hall–Kier alpha value is -1.05. The molecule has 0 radical (unpaired) electrons. The van der Waals surface area contributed by atoms with E-state index >= 15 is 0 Å². The van der Waals surface area contributed by atoms with Crippen LogP contribution in [0.1, 0.15) is 39.5 Å². The molecule has 0 N–H and O–H groups in total. The topological polar surface area (TPSA) is 26.3 Å². The molecule has 2 heteroatoms. The molecule has 0 fully saturated rings. The Morgan fingerprint density at radius 1 is 1.36 bits per heavy atom. The van der Waals surface area contributed by atoms with Gasteiger partial charge in [0.05, 0.1) is 6.61 Å². The van der Waals surface area contributed by atoms with Crippen LogP contribution in [0.2, 0.25) is 0 Å². The van der Waals surface area contributed by atoms with Crippen LogP contribution in [0.5, 0.6) is 0 Å². The van der Waals surface area contributed by atoms with E-state index in [1.54, 1.807) is 0 Å². The lowest BCUT2D eigenvalue weighted by Crippen LogP contribution is -2.04. The van der Waals surface area contributed by atoms with Gasteiger partial charge in [0, 0.05) is 6.42 Å². The van der Waals surface area contributed by atoms with Crippen molar-refractivity contribution in [3.63, 3.8) is 0 Å². The molecule has 0 saturated carbocycles. The van der Waals surface area contributed by atoms with E-state index in [9.17, 15) is 4.79 Å². The molecule has 0 heterocycles. The molecule has 0 amide bonds. The Labute approximate surface area is 86.6 Å². The van der Waals surface area contributed by atoms with Crippen LogP contribution in [0.3, 0.4) is 0 Å². The highest BCUT2D eigenvalue weighted by Gasteiger charge is 1.99. The van der Waals surface area contributed by atoms with Crippen LogP contribution >= 0.6 is 0 Å². The summed E-state index contributed by atoms with van der Waals surface area (Å²) in [6.07, 6.45) is 11.2. The van der Waals surface area contributed by atoms with Gasteiger partial charge in [0.1, 0.15) is 0 Å². The maximum atomic E-state index is 11.0. The van der Waals surface area contributed by atoms with Crippen LogP contribution in [0.25, 0.3) is 0 Å². The summed E-state index contributed by atoms with van der Waals surface area (Å²) >= 11 is 0. The predicted molar refractivity (Wildman–Crippen MR) is 59.1 cm³/mol. The van der Waals surface area contributed by atoms with Crippen molar-refractivity contribution in [2.45, 2.75) is 39.5 Å². The SMILES string of the molecule is C/C=C/C=C\CCOC(=O)CCCC. The lowest BCUT2D eigenvalue weighted by atomic mass is 10.2. The Bertz CT molecular complexity index is 192. The van der Waals surface area contributed by atoms with Gasteiger partial charge in [-0.15, -0.1) is 0 Å². The normalized spacial score (nSPS) is 11.3. The number of hydrogen-bond donors (Lipinski definition) is 0. The fraction of sp³-hybridized carbons (Fsp3) is 0.583. The summed E-state index contributed by atoms with van der Waals surface area (Å²) in [6.45, 7) is 4.53. The van der Waals surface area contributed by atoms with Gasteiger partial charge in [-0.3, -0.25) is 4.79 Å². The minimum Gasteiger partial charge on any atom is -0.465 e. The Morgan fingerprint density at radius 3 is 2.79 bits per heavy atom. The highest BCUT2D eigenvalue weighted by Crippen LogP contribution is 1.97. The molecule has 0 unspecified atom stereocenters. The van der Waals surface area contributed by atoms with Crippen molar-refractivity contribution in [2.75, 3.05) is 6.61 Å². The van der Waals surface area contributed by atoms with Crippen LogP contribution in [-0.2, 0) is 9.53 Å². The summed E-state index contributed by atoms with van der Waals surface area (Å²) in [7, 11) is 0. The quantitative estimate of drug-likeness (QED) is 0.355. The van der Waals surface area contributed by atoms with Crippen molar-refractivity contribution in [2.24, 2.45) is 0 Å². The number of hydrogen-bond acceptors (Lipinski definition) is 2. The molecule has 0 bridgehead atoms. The first-order chi connectivity index (χ1) is 6.81. The van der Waals surface area contributed by atoms with Crippen molar-refractivity contribution >= 4 is 5.97 Å². The third-order valence-corrected chi connectivity index (χ3v) is 1.72. The van der Waals surface area contributed by atoms with Gasteiger partial charge in [0.2, 0.25) is 0 Å². The molecular weight excluding hydrogens is 176 g/mol. The van der Waals surface area contributed by atoms with Gasteiger partial charge in [-0.05, 0) is 19.8 Å². The third-order valence-electron chi connectivity index (χ3n) is 1.72. The highest BCUT2D eigenvalue weighted by atomic mass is 16.5. The summed E-state index contributed by atoms with van der Waals surface area (Å²) in [6, 6.07) is 0. The summed E-state index contributed by atoms with van der Waals surface area (Å²) in [4.78, 5) is 11.0. The molecule has 0 aromatic heterocycles. The number of rotatable bonds is 7. The monoisotopic (exact) mass is 196 g/mol. The molecule has 0 spiro atoms. The largest absolute Gasteiger partial charge is 0.465 e. The maximum absolute atomic E-state index is 11.0. The number of unbranched alkanes of at least 4 members (excludes halogenated alkanes) is 1. The Morgan fingerprint density at radius 2 is 2.14 bits per heavy atom. The summed E-state index contributed by atoms with van der Waals surface area (Å²) in [5.41, 5.74) is 0. The van der Waals surface area contributed by atoms with Gasteiger partial charge in [-0.25, -0.2) is 0 Å². The maximum Gasteiger partial charge on any atom is 0.305 e. The van der Waals surface area contributed by atoms with Crippen LogP contribution in [-0.4, -0.2) is 12.6 Å². The average Bonchev–Trinajstić information content (AvgIpc) is 2.20. The van der Waals surface area contributed by atoms with Gasteiger partial charge in [0.25, 0.3) is 0 Å². The molecule has 0 aromatic rings. The lowest BCUT2D eigenvalue weighted by molar-refractivity contribution is -0.143.